The van der Waals surface area contributed by atoms with Gasteiger partial charge in [-0.1, -0.05) is 89.3 Å². The van der Waals surface area contributed by atoms with Gasteiger partial charge in [0, 0.05) is 5.56 Å². The van der Waals surface area contributed by atoms with Crippen molar-refractivity contribution in [2.45, 2.75) is 88.9 Å². The molecule has 0 saturated carbocycles. The predicted molar refractivity (Wildman–Crippen MR) is 122 cm³/mol. The van der Waals surface area contributed by atoms with E-state index in [1.54, 1.807) is 24.3 Å². The zero-order chi connectivity index (χ0) is 22.5. The Morgan fingerprint density at radius 1 is 0.844 bits per heavy atom. The summed E-state index contributed by atoms with van der Waals surface area (Å²) in [5.41, 5.74) is 0.363. The number of hydrogen-bond acceptors (Lipinski definition) is 4. The van der Waals surface area contributed by atoms with E-state index in [-0.39, 0.29) is 40.2 Å². The topological polar surface area (TPSA) is 86.7 Å². The molecule has 0 saturated heterocycles. The fraction of sp³-hybridized carbons (Fsp3) is 0.520. The molecule has 0 amide bonds. The molecule has 0 unspecified atom stereocenters. The van der Waals surface area contributed by atoms with Crippen LogP contribution in [0, 0.1) is 0 Å². The van der Waals surface area contributed by atoms with Crippen molar-refractivity contribution in [2.75, 3.05) is 0 Å². The molecular formula is C25H35NaO5S. The number of unbranched alkanes of at least 4 members (excludes halogenated alkanes) is 10. The molecule has 7 heteroatoms. The van der Waals surface area contributed by atoms with Gasteiger partial charge in [-0.05, 0) is 37.1 Å². The van der Waals surface area contributed by atoms with Crippen LogP contribution >= 0.6 is 0 Å². The van der Waals surface area contributed by atoms with Gasteiger partial charge >= 0.3 is 29.6 Å². The first-order chi connectivity index (χ1) is 14.9. The molecule has 0 bridgehead atoms. The van der Waals surface area contributed by atoms with Gasteiger partial charge in [-0.3, -0.25) is 4.55 Å². The molecule has 0 heterocycles. The Balaban J connectivity index is 0.00000512. The summed E-state index contributed by atoms with van der Waals surface area (Å²) in [7, 11) is -4.52. The Morgan fingerprint density at radius 3 is 1.91 bits per heavy atom. The predicted octanol–water partition coefficient (Wildman–Crippen LogP) is 3.66. The largest absolute Gasteiger partial charge is 1.00 e. The van der Waals surface area contributed by atoms with Gasteiger partial charge in [0.15, 0.2) is 0 Å². The van der Waals surface area contributed by atoms with Gasteiger partial charge in [0.1, 0.15) is 16.4 Å². The van der Waals surface area contributed by atoms with Crippen LogP contribution in [0.5, 0.6) is 17.2 Å². The molecule has 5 nitrogen and oxygen atoms in total. The summed E-state index contributed by atoms with van der Waals surface area (Å²) in [5, 5.41) is 12.0. The van der Waals surface area contributed by atoms with E-state index in [4.69, 9.17) is 4.74 Å². The van der Waals surface area contributed by atoms with Gasteiger partial charge in [0.05, 0.1) is 0 Å². The second-order valence-corrected chi connectivity index (χ2v) is 9.46. The second kappa shape index (κ2) is 15.7. The minimum atomic E-state index is -4.52. The number of hydrogen-bond donors (Lipinski definition) is 1. The first-order valence-electron chi connectivity index (χ1n) is 11.5. The smallest absolute Gasteiger partial charge is 0.872 e. The minimum absolute atomic E-state index is 0. The Kier molecular flexibility index (Phi) is 14.2. The third-order valence-corrected chi connectivity index (χ3v) is 6.34. The van der Waals surface area contributed by atoms with Gasteiger partial charge in [-0.25, -0.2) is 0 Å². The van der Waals surface area contributed by atoms with Gasteiger partial charge < -0.3 is 9.84 Å². The van der Waals surface area contributed by atoms with E-state index in [0.29, 0.717) is 17.7 Å². The molecule has 0 aliphatic carbocycles. The maximum Gasteiger partial charge on any atom is 1.00 e. The molecule has 1 N–H and O–H groups in total. The molecule has 0 atom stereocenters. The maximum atomic E-state index is 12.0. The fourth-order valence-electron chi connectivity index (χ4n) is 3.74. The minimum Gasteiger partial charge on any atom is -0.872 e. The molecule has 2 rings (SSSR count). The van der Waals surface area contributed by atoms with E-state index < -0.39 is 15.9 Å². The molecule has 0 fully saturated rings. The average molecular weight is 471 g/mol. The molecule has 2 aromatic carbocycles. The van der Waals surface area contributed by atoms with Crippen molar-refractivity contribution < 1.29 is 52.4 Å². The SMILES string of the molecule is CCCCCCCCCCCCCc1c(Oc2ccccc2)cc([O-])cc1S(=O)(=O)O.[Na+]. The van der Waals surface area contributed by atoms with Crippen molar-refractivity contribution >= 4 is 10.1 Å². The number of ether oxygens (including phenoxy) is 1. The van der Waals surface area contributed by atoms with E-state index in [9.17, 15) is 18.1 Å². The standard InChI is InChI=1S/C25H36O5S.Na/c1-2-3-4-5-6-7-8-9-10-11-15-18-23-24(30-22-16-13-12-14-17-22)19-21(26)20-25(23)31(27,28)29;/h12-14,16-17,19-20,26H,2-11,15,18H2,1H3,(H,27,28,29);/q;+1/p-1. The first kappa shape index (κ1) is 29.0. The molecule has 2 aromatic rings. The molecule has 32 heavy (non-hydrogen) atoms. The normalized spacial score (nSPS) is 11.2. The van der Waals surface area contributed by atoms with Crippen LogP contribution in [0.2, 0.25) is 0 Å². The van der Waals surface area contributed by atoms with E-state index in [1.165, 1.54) is 57.4 Å². The van der Waals surface area contributed by atoms with Crippen molar-refractivity contribution in [2.24, 2.45) is 0 Å². The van der Waals surface area contributed by atoms with E-state index in [0.717, 1.165) is 25.3 Å². The summed E-state index contributed by atoms with van der Waals surface area (Å²) >= 11 is 0. The van der Waals surface area contributed by atoms with Crippen molar-refractivity contribution in [1.82, 2.24) is 0 Å². The van der Waals surface area contributed by atoms with Crippen LogP contribution in [-0.4, -0.2) is 13.0 Å². The summed E-state index contributed by atoms with van der Waals surface area (Å²) in [5.74, 6) is 0.189. The quantitative estimate of drug-likeness (QED) is 0.244. The Bertz CT molecular complexity index is 885. The molecule has 0 aromatic heterocycles. The van der Waals surface area contributed by atoms with Crippen molar-refractivity contribution in [3.05, 3.63) is 48.0 Å². The molecular weight excluding hydrogens is 435 g/mol. The van der Waals surface area contributed by atoms with Crippen molar-refractivity contribution in [3.8, 4) is 17.2 Å². The van der Waals surface area contributed by atoms with Gasteiger partial charge in [0.25, 0.3) is 10.1 Å². The molecule has 0 spiro atoms. The van der Waals surface area contributed by atoms with Crippen molar-refractivity contribution in [3.63, 3.8) is 0 Å². The number of para-hydroxylation sites is 1. The summed E-state index contributed by atoms with van der Waals surface area (Å²) in [6.45, 7) is 2.23. The molecule has 172 valence electrons. The van der Waals surface area contributed by atoms with Crippen LogP contribution in [0.25, 0.3) is 0 Å². The monoisotopic (exact) mass is 470 g/mol. The fourth-order valence-corrected chi connectivity index (χ4v) is 4.52. The number of rotatable bonds is 15. The Labute approximate surface area is 215 Å². The second-order valence-electron chi connectivity index (χ2n) is 8.07. The molecule has 0 radical (unpaired) electrons. The van der Waals surface area contributed by atoms with E-state index in [2.05, 4.69) is 6.92 Å². The van der Waals surface area contributed by atoms with Crippen LogP contribution in [-0.2, 0) is 16.5 Å². The summed E-state index contributed by atoms with van der Waals surface area (Å²) in [6, 6.07) is 11.2. The average Bonchev–Trinajstić information content (AvgIpc) is 2.73. The third kappa shape index (κ3) is 10.7. The maximum absolute atomic E-state index is 12.0. The summed E-state index contributed by atoms with van der Waals surface area (Å²) < 4.78 is 39.2. The van der Waals surface area contributed by atoms with Crippen LogP contribution in [0.3, 0.4) is 0 Å². The van der Waals surface area contributed by atoms with Crippen LogP contribution in [0.1, 0.15) is 83.1 Å². The van der Waals surface area contributed by atoms with Crippen LogP contribution < -0.4 is 39.4 Å². The zero-order valence-electron chi connectivity index (χ0n) is 19.5. The van der Waals surface area contributed by atoms with Crippen LogP contribution in [0.15, 0.2) is 47.4 Å². The Morgan fingerprint density at radius 2 is 1.38 bits per heavy atom. The molecule has 0 aliphatic rings. The van der Waals surface area contributed by atoms with Gasteiger partial charge in [0.2, 0.25) is 0 Å². The van der Waals surface area contributed by atoms with Gasteiger partial charge in [-0.2, -0.15) is 8.42 Å². The van der Waals surface area contributed by atoms with Gasteiger partial charge in [-0.15, -0.1) is 5.75 Å². The zero-order valence-corrected chi connectivity index (χ0v) is 22.3. The summed E-state index contributed by atoms with van der Waals surface area (Å²) in [6.07, 6.45) is 13.5. The van der Waals surface area contributed by atoms with Crippen LogP contribution in [0.4, 0.5) is 0 Å². The third-order valence-electron chi connectivity index (χ3n) is 5.42. The first-order valence-corrected chi connectivity index (χ1v) is 12.9. The van der Waals surface area contributed by atoms with E-state index in [1.807, 2.05) is 6.07 Å². The summed E-state index contributed by atoms with van der Waals surface area (Å²) in [4.78, 5) is -0.349. The van der Waals surface area contributed by atoms with E-state index >= 15 is 0 Å². The molecule has 0 aliphatic heterocycles. The number of benzene rings is 2. The Hall–Kier alpha value is -1.05. The van der Waals surface area contributed by atoms with Crippen molar-refractivity contribution in [1.29, 1.82) is 0 Å².